The number of ether oxygens (including phenoxy) is 2. The number of benzene rings is 1. The quantitative estimate of drug-likeness (QED) is 0.827. The molecule has 0 saturated carbocycles. The lowest BCUT2D eigenvalue weighted by atomic mass is 10.0. The first kappa shape index (κ1) is 14.2. The van der Waals surface area contributed by atoms with E-state index in [0.717, 1.165) is 0 Å². The summed E-state index contributed by atoms with van der Waals surface area (Å²) in [6.45, 7) is 2.41. The van der Waals surface area contributed by atoms with Crippen molar-refractivity contribution >= 4 is 11.9 Å². The van der Waals surface area contributed by atoms with Crippen molar-refractivity contribution in [2.24, 2.45) is 5.92 Å². The van der Waals surface area contributed by atoms with Crippen LogP contribution < -0.4 is 14.8 Å². The SMILES string of the molecule is CCC(CNC(=O)c1ccc2c(c1)OCO2)CC(=O)O. The molecule has 0 aliphatic carbocycles. The van der Waals surface area contributed by atoms with Crippen molar-refractivity contribution < 1.29 is 24.2 Å². The molecule has 0 saturated heterocycles. The Labute approximate surface area is 116 Å². The molecule has 1 atom stereocenters. The molecule has 1 unspecified atom stereocenters. The standard InChI is InChI=1S/C14H17NO5/c1-2-9(5-13(16)17)7-15-14(18)10-3-4-11-12(6-10)20-8-19-11/h3-4,6,9H,2,5,7-8H2,1H3,(H,15,18)(H,16,17). The second kappa shape index (κ2) is 6.27. The minimum atomic E-state index is -0.853. The molecular weight excluding hydrogens is 262 g/mol. The van der Waals surface area contributed by atoms with Crippen molar-refractivity contribution in [2.45, 2.75) is 19.8 Å². The van der Waals surface area contributed by atoms with Crippen molar-refractivity contribution in [2.75, 3.05) is 13.3 Å². The second-order valence-electron chi connectivity index (χ2n) is 4.65. The topological polar surface area (TPSA) is 84.9 Å². The molecule has 1 aromatic carbocycles. The molecule has 1 aliphatic heterocycles. The van der Waals surface area contributed by atoms with Crippen LogP contribution in [0.5, 0.6) is 11.5 Å². The van der Waals surface area contributed by atoms with Crippen LogP contribution in [-0.2, 0) is 4.79 Å². The van der Waals surface area contributed by atoms with E-state index in [1.807, 2.05) is 6.92 Å². The van der Waals surface area contributed by atoms with Crippen LogP contribution in [0.4, 0.5) is 0 Å². The van der Waals surface area contributed by atoms with Gasteiger partial charge in [0.25, 0.3) is 5.91 Å². The summed E-state index contributed by atoms with van der Waals surface area (Å²) in [4.78, 5) is 22.7. The minimum Gasteiger partial charge on any atom is -0.481 e. The lowest BCUT2D eigenvalue weighted by molar-refractivity contribution is -0.138. The average molecular weight is 279 g/mol. The van der Waals surface area contributed by atoms with Gasteiger partial charge in [-0.1, -0.05) is 13.3 Å². The fourth-order valence-electron chi connectivity index (χ4n) is 1.98. The van der Waals surface area contributed by atoms with E-state index in [9.17, 15) is 9.59 Å². The van der Waals surface area contributed by atoms with Gasteiger partial charge in [-0.25, -0.2) is 0 Å². The summed E-state index contributed by atoms with van der Waals surface area (Å²) in [5.41, 5.74) is 0.472. The molecule has 6 nitrogen and oxygen atoms in total. The Hall–Kier alpha value is -2.24. The molecule has 0 fully saturated rings. The van der Waals surface area contributed by atoms with Gasteiger partial charge < -0.3 is 19.9 Å². The maximum absolute atomic E-state index is 12.0. The van der Waals surface area contributed by atoms with Crippen LogP contribution in [0.15, 0.2) is 18.2 Å². The predicted octanol–water partition coefficient (Wildman–Crippen LogP) is 1.65. The number of carboxylic acids is 1. The third-order valence-corrected chi connectivity index (χ3v) is 3.23. The Morgan fingerprint density at radius 3 is 2.80 bits per heavy atom. The van der Waals surface area contributed by atoms with E-state index < -0.39 is 5.97 Å². The highest BCUT2D eigenvalue weighted by molar-refractivity contribution is 5.94. The third-order valence-electron chi connectivity index (χ3n) is 3.23. The summed E-state index contributed by atoms with van der Waals surface area (Å²) in [6, 6.07) is 4.96. The van der Waals surface area contributed by atoms with E-state index in [0.29, 0.717) is 30.0 Å². The molecule has 0 spiro atoms. The molecule has 1 aromatic rings. The Balaban J connectivity index is 1.93. The zero-order chi connectivity index (χ0) is 14.5. The molecular formula is C14H17NO5. The maximum Gasteiger partial charge on any atom is 0.303 e. The molecule has 6 heteroatoms. The first-order valence-corrected chi connectivity index (χ1v) is 6.49. The largest absolute Gasteiger partial charge is 0.481 e. The summed E-state index contributed by atoms with van der Waals surface area (Å²) < 4.78 is 10.4. The zero-order valence-electron chi connectivity index (χ0n) is 11.2. The van der Waals surface area contributed by atoms with Crippen molar-refractivity contribution in [1.29, 1.82) is 0 Å². The van der Waals surface area contributed by atoms with Crippen LogP contribution in [0.2, 0.25) is 0 Å². The van der Waals surface area contributed by atoms with Crippen molar-refractivity contribution in [3.63, 3.8) is 0 Å². The Kier molecular flexibility index (Phi) is 4.45. The summed E-state index contributed by atoms with van der Waals surface area (Å²) >= 11 is 0. The van der Waals surface area contributed by atoms with Crippen molar-refractivity contribution in [3.8, 4) is 11.5 Å². The van der Waals surface area contributed by atoms with Gasteiger partial charge in [-0.05, 0) is 24.1 Å². The highest BCUT2D eigenvalue weighted by Crippen LogP contribution is 2.32. The van der Waals surface area contributed by atoms with E-state index in [-0.39, 0.29) is 25.0 Å². The highest BCUT2D eigenvalue weighted by Gasteiger charge is 2.17. The number of fused-ring (bicyclic) bond motifs is 1. The summed E-state index contributed by atoms with van der Waals surface area (Å²) in [5, 5.41) is 11.5. The van der Waals surface area contributed by atoms with Gasteiger partial charge in [-0.15, -0.1) is 0 Å². The molecule has 2 rings (SSSR count). The van der Waals surface area contributed by atoms with E-state index in [4.69, 9.17) is 14.6 Å². The number of aliphatic carboxylic acids is 1. The fraction of sp³-hybridized carbons (Fsp3) is 0.429. The van der Waals surface area contributed by atoms with Crippen LogP contribution in [0, 0.1) is 5.92 Å². The van der Waals surface area contributed by atoms with Gasteiger partial charge in [0, 0.05) is 18.5 Å². The number of amides is 1. The Morgan fingerprint density at radius 1 is 1.35 bits per heavy atom. The molecule has 1 aliphatic rings. The first-order chi connectivity index (χ1) is 9.60. The van der Waals surface area contributed by atoms with E-state index >= 15 is 0 Å². The van der Waals surface area contributed by atoms with E-state index in [2.05, 4.69) is 5.32 Å². The minimum absolute atomic E-state index is 0.0535. The number of carboxylic acid groups (broad SMARTS) is 1. The van der Waals surface area contributed by atoms with Gasteiger partial charge in [0.2, 0.25) is 6.79 Å². The number of carbonyl (C=O) groups is 2. The molecule has 1 amide bonds. The Morgan fingerprint density at radius 2 is 2.10 bits per heavy atom. The monoisotopic (exact) mass is 279 g/mol. The number of rotatable bonds is 6. The molecule has 108 valence electrons. The normalized spacial score (nSPS) is 13.8. The Bertz CT molecular complexity index is 514. The van der Waals surface area contributed by atoms with Gasteiger partial charge in [-0.2, -0.15) is 0 Å². The van der Waals surface area contributed by atoms with Gasteiger partial charge in [-0.3, -0.25) is 9.59 Å². The number of carbonyl (C=O) groups excluding carboxylic acids is 1. The fourth-order valence-corrected chi connectivity index (χ4v) is 1.98. The molecule has 20 heavy (non-hydrogen) atoms. The molecule has 0 bridgehead atoms. The van der Waals surface area contributed by atoms with Crippen LogP contribution >= 0.6 is 0 Å². The van der Waals surface area contributed by atoms with Crippen LogP contribution in [0.25, 0.3) is 0 Å². The molecule has 2 N–H and O–H groups in total. The lowest BCUT2D eigenvalue weighted by Gasteiger charge is -2.13. The van der Waals surface area contributed by atoms with Gasteiger partial charge in [0.05, 0.1) is 0 Å². The first-order valence-electron chi connectivity index (χ1n) is 6.49. The van der Waals surface area contributed by atoms with E-state index in [1.54, 1.807) is 18.2 Å². The third kappa shape index (κ3) is 3.40. The molecule has 0 aromatic heterocycles. The van der Waals surface area contributed by atoms with Gasteiger partial charge >= 0.3 is 5.97 Å². The highest BCUT2D eigenvalue weighted by atomic mass is 16.7. The number of hydrogen-bond acceptors (Lipinski definition) is 4. The average Bonchev–Trinajstić information content (AvgIpc) is 2.89. The smallest absolute Gasteiger partial charge is 0.303 e. The predicted molar refractivity (Wildman–Crippen MR) is 70.9 cm³/mol. The summed E-state index contributed by atoms with van der Waals surface area (Å²) in [6.07, 6.45) is 0.756. The maximum atomic E-state index is 12.0. The molecule has 1 heterocycles. The van der Waals surface area contributed by atoms with Crippen molar-refractivity contribution in [3.05, 3.63) is 23.8 Å². The zero-order valence-corrected chi connectivity index (χ0v) is 11.2. The van der Waals surface area contributed by atoms with Crippen LogP contribution in [0.3, 0.4) is 0 Å². The van der Waals surface area contributed by atoms with Gasteiger partial charge in [0.1, 0.15) is 0 Å². The van der Waals surface area contributed by atoms with Crippen LogP contribution in [-0.4, -0.2) is 30.3 Å². The van der Waals surface area contributed by atoms with E-state index in [1.165, 1.54) is 0 Å². The lowest BCUT2D eigenvalue weighted by Crippen LogP contribution is -2.30. The second-order valence-corrected chi connectivity index (χ2v) is 4.65. The summed E-state index contributed by atoms with van der Waals surface area (Å²) in [5.74, 6) is 0.0147. The number of nitrogens with one attached hydrogen (secondary N) is 1. The summed E-state index contributed by atoms with van der Waals surface area (Å²) in [7, 11) is 0. The molecule has 0 radical (unpaired) electrons. The van der Waals surface area contributed by atoms with Crippen LogP contribution in [0.1, 0.15) is 30.1 Å². The number of hydrogen-bond donors (Lipinski definition) is 2. The van der Waals surface area contributed by atoms with Crippen molar-refractivity contribution in [1.82, 2.24) is 5.32 Å². The van der Waals surface area contributed by atoms with Gasteiger partial charge in [0.15, 0.2) is 11.5 Å².